The smallest absolute Gasteiger partial charge is 0.238 e. The fourth-order valence-electron chi connectivity index (χ4n) is 3.16. The van der Waals surface area contributed by atoms with Crippen molar-refractivity contribution in [2.24, 2.45) is 0 Å². The highest BCUT2D eigenvalue weighted by Gasteiger charge is 2.12. The standard InChI is InChI=1S/C21H27N3OS/c1-23(15-18-6-3-2-4-7-18)17-21(25)22-20-9-5-8-19(14-20)16-24-10-12-26-13-11-24/h2-9,14H,10-13,15-17H2,1H3,(H,22,25). The van der Waals surface area contributed by atoms with Gasteiger partial charge in [0.15, 0.2) is 0 Å². The molecule has 1 heterocycles. The van der Waals surface area contributed by atoms with Crippen LogP contribution in [0.4, 0.5) is 5.69 Å². The number of carbonyl (C=O) groups is 1. The predicted molar refractivity (Wildman–Crippen MR) is 110 cm³/mol. The van der Waals surface area contributed by atoms with Crippen LogP contribution in [0.3, 0.4) is 0 Å². The van der Waals surface area contributed by atoms with Gasteiger partial charge in [0.05, 0.1) is 6.54 Å². The maximum atomic E-state index is 12.3. The number of hydrogen-bond acceptors (Lipinski definition) is 4. The molecular weight excluding hydrogens is 342 g/mol. The third-order valence-corrected chi connectivity index (χ3v) is 5.37. The van der Waals surface area contributed by atoms with E-state index < -0.39 is 0 Å². The Labute approximate surface area is 160 Å². The lowest BCUT2D eigenvalue weighted by molar-refractivity contribution is -0.117. The molecule has 0 bridgehead atoms. The summed E-state index contributed by atoms with van der Waals surface area (Å²) in [6.45, 7) is 4.39. The van der Waals surface area contributed by atoms with Crippen molar-refractivity contribution in [1.82, 2.24) is 9.80 Å². The molecule has 1 aliphatic rings. The summed E-state index contributed by atoms with van der Waals surface area (Å²) in [6.07, 6.45) is 0. The molecule has 0 unspecified atom stereocenters. The van der Waals surface area contributed by atoms with E-state index >= 15 is 0 Å². The SMILES string of the molecule is CN(CC(=O)Nc1cccc(CN2CCSCC2)c1)Cc1ccccc1. The highest BCUT2D eigenvalue weighted by molar-refractivity contribution is 7.99. The van der Waals surface area contributed by atoms with Crippen molar-refractivity contribution in [2.75, 3.05) is 43.5 Å². The minimum Gasteiger partial charge on any atom is -0.325 e. The molecule has 0 radical (unpaired) electrons. The Morgan fingerprint density at radius 1 is 1.08 bits per heavy atom. The summed E-state index contributed by atoms with van der Waals surface area (Å²) in [5, 5.41) is 3.03. The second kappa shape index (κ2) is 9.76. The van der Waals surface area contributed by atoms with Crippen molar-refractivity contribution in [3.63, 3.8) is 0 Å². The van der Waals surface area contributed by atoms with Crippen molar-refractivity contribution in [2.45, 2.75) is 13.1 Å². The summed E-state index contributed by atoms with van der Waals surface area (Å²) in [7, 11) is 1.97. The fraction of sp³-hybridized carbons (Fsp3) is 0.381. The van der Waals surface area contributed by atoms with Crippen molar-refractivity contribution in [1.29, 1.82) is 0 Å². The Morgan fingerprint density at radius 3 is 2.58 bits per heavy atom. The van der Waals surface area contributed by atoms with Gasteiger partial charge >= 0.3 is 0 Å². The van der Waals surface area contributed by atoms with E-state index in [4.69, 9.17) is 0 Å². The number of nitrogens with one attached hydrogen (secondary N) is 1. The molecule has 1 amide bonds. The monoisotopic (exact) mass is 369 g/mol. The largest absolute Gasteiger partial charge is 0.325 e. The van der Waals surface area contributed by atoms with E-state index in [2.05, 4.69) is 34.5 Å². The van der Waals surface area contributed by atoms with E-state index in [0.29, 0.717) is 6.54 Å². The molecule has 0 spiro atoms. The van der Waals surface area contributed by atoms with Gasteiger partial charge in [-0.1, -0.05) is 42.5 Å². The minimum absolute atomic E-state index is 0.0231. The maximum Gasteiger partial charge on any atom is 0.238 e. The molecule has 1 N–H and O–H groups in total. The zero-order chi connectivity index (χ0) is 18.2. The van der Waals surface area contributed by atoms with Crippen molar-refractivity contribution >= 4 is 23.4 Å². The predicted octanol–water partition coefficient (Wildman–Crippen LogP) is 3.31. The number of nitrogens with zero attached hydrogens (tertiary/aromatic N) is 2. The van der Waals surface area contributed by atoms with Gasteiger partial charge in [0.2, 0.25) is 5.91 Å². The Hall–Kier alpha value is -1.82. The third-order valence-electron chi connectivity index (χ3n) is 4.43. The zero-order valence-electron chi connectivity index (χ0n) is 15.4. The molecule has 1 saturated heterocycles. The Balaban J connectivity index is 1.49. The second-order valence-electron chi connectivity index (χ2n) is 6.79. The van der Waals surface area contributed by atoms with Gasteiger partial charge in [0.25, 0.3) is 0 Å². The summed E-state index contributed by atoms with van der Waals surface area (Å²) < 4.78 is 0. The van der Waals surface area contributed by atoms with Crippen LogP contribution in [0, 0.1) is 0 Å². The average molecular weight is 370 g/mol. The van der Waals surface area contributed by atoms with Crippen LogP contribution in [0.5, 0.6) is 0 Å². The van der Waals surface area contributed by atoms with Gasteiger partial charge in [0.1, 0.15) is 0 Å². The van der Waals surface area contributed by atoms with Crippen LogP contribution < -0.4 is 5.32 Å². The highest BCUT2D eigenvalue weighted by atomic mass is 32.2. The lowest BCUT2D eigenvalue weighted by Crippen LogP contribution is -2.32. The topological polar surface area (TPSA) is 35.6 Å². The van der Waals surface area contributed by atoms with Crippen molar-refractivity contribution in [3.8, 4) is 0 Å². The molecule has 26 heavy (non-hydrogen) atoms. The Morgan fingerprint density at radius 2 is 1.81 bits per heavy atom. The Bertz CT molecular complexity index is 701. The number of amides is 1. The van der Waals surface area contributed by atoms with E-state index in [9.17, 15) is 4.79 Å². The van der Waals surface area contributed by atoms with Gasteiger partial charge in [-0.25, -0.2) is 0 Å². The van der Waals surface area contributed by atoms with Crippen molar-refractivity contribution in [3.05, 3.63) is 65.7 Å². The minimum atomic E-state index is 0.0231. The van der Waals surface area contributed by atoms with Gasteiger partial charge < -0.3 is 5.32 Å². The quantitative estimate of drug-likeness (QED) is 0.812. The molecule has 1 fully saturated rings. The van der Waals surface area contributed by atoms with Gasteiger partial charge in [-0.05, 0) is 30.3 Å². The zero-order valence-corrected chi connectivity index (χ0v) is 16.2. The number of hydrogen-bond donors (Lipinski definition) is 1. The number of benzene rings is 2. The van der Waals surface area contributed by atoms with Crippen LogP contribution in [0.15, 0.2) is 54.6 Å². The molecule has 2 aromatic carbocycles. The third kappa shape index (κ3) is 6.16. The van der Waals surface area contributed by atoms with Gasteiger partial charge in [-0.15, -0.1) is 0 Å². The summed E-state index contributed by atoms with van der Waals surface area (Å²) in [5.41, 5.74) is 3.35. The molecule has 0 aromatic heterocycles. The second-order valence-corrected chi connectivity index (χ2v) is 8.02. The first-order chi connectivity index (χ1) is 12.7. The lowest BCUT2D eigenvalue weighted by atomic mass is 10.2. The van der Waals surface area contributed by atoms with Gasteiger partial charge in [-0.2, -0.15) is 11.8 Å². The summed E-state index contributed by atoms with van der Waals surface area (Å²) >= 11 is 2.02. The summed E-state index contributed by atoms with van der Waals surface area (Å²) in [5.74, 6) is 2.45. The molecule has 5 heteroatoms. The van der Waals surface area contributed by atoms with E-state index in [-0.39, 0.29) is 5.91 Å². The molecule has 2 aromatic rings. The van der Waals surface area contributed by atoms with Crippen LogP contribution in [0.1, 0.15) is 11.1 Å². The molecule has 1 aliphatic heterocycles. The molecule has 3 rings (SSSR count). The van der Waals surface area contributed by atoms with Gasteiger partial charge in [-0.3, -0.25) is 14.6 Å². The number of rotatable bonds is 7. The van der Waals surface area contributed by atoms with Crippen LogP contribution in [0.2, 0.25) is 0 Å². The number of anilines is 1. The van der Waals surface area contributed by atoms with Crippen LogP contribution >= 0.6 is 11.8 Å². The molecule has 0 aliphatic carbocycles. The molecule has 138 valence electrons. The number of likely N-dealkylation sites (N-methyl/N-ethyl adjacent to an activating group) is 1. The lowest BCUT2D eigenvalue weighted by Gasteiger charge is -2.26. The van der Waals surface area contributed by atoms with E-state index in [1.54, 1.807) is 0 Å². The first-order valence-electron chi connectivity index (χ1n) is 9.10. The van der Waals surface area contributed by atoms with Crippen LogP contribution in [0.25, 0.3) is 0 Å². The maximum absolute atomic E-state index is 12.3. The summed E-state index contributed by atoms with van der Waals surface area (Å²) in [6, 6.07) is 18.4. The first-order valence-corrected chi connectivity index (χ1v) is 10.3. The Kier molecular flexibility index (Phi) is 7.12. The van der Waals surface area contributed by atoms with Crippen LogP contribution in [-0.4, -0.2) is 53.9 Å². The molecule has 0 saturated carbocycles. The number of thioether (sulfide) groups is 1. The van der Waals surface area contributed by atoms with Gasteiger partial charge in [0, 0.05) is 43.4 Å². The summed E-state index contributed by atoms with van der Waals surface area (Å²) in [4.78, 5) is 16.9. The average Bonchev–Trinajstić information content (AvgIpc) is 2.63. The van der Waals surface area contributed by atoms with Crippen molar-refractivity contribution < 1.29 is 4.79 Å². The van der Waals surface area contributed by atoms with Crippen LogP contribution in [-0.2, 0) is 17.9 Å². The van der Waals surface area contributed by atoms with E-state index in [1.165, 1.54) is 22.6 Å². The van der Waals surface area contributed by atoms with E-state index in [1.807, 2.05) is 54.0 Å². The molecular formula is C21H27N3OS. The highest BCUT2D eigenvalue weighted by Crippen LogP contribution is 2.16. The fourth-order valence-corrected chi connectivity index (χ4v) is 4.14. The van der Waals surface area contributed by atoms with E-state index in [0.717, 1.165) is 31.9 Å². The number of carbonyl (C=O) groups excluding carboxylic acids is 1. The molecule has 0 atom stereocenters. The normalized spacial score (nSPS) is 15.2. The first kappa shape index (κ1) is 19.0. The molecule has 4 nitrogen and oxygen atoms in total.